The second-order valence-electron chi connectivity index (χ2n) is 3.47. The Balaban J connectivity index is 2.06. The van der Waals surface area contributed by atoms with E-state index in [4.69, 9.17) is 11.6 Å². The summed E-state index contributed by atoms with van der Waals surface area (Å²) in [5.74, 6) is -1.39. The van der Waals surface area contributed by atoms with E-state index >= 15 is 0 Å². The van der Waals surface area contributed by atoms with Crippen LogP contribution in [0.15, 0.2) is 24.3 Å². The third kappa shape index (κ3) is 3.23. The zero-order valence-corrected chi connectivity index (χ0v) is 11.0. The Morgan fingerprint density at radius 3 is 2.05 bits per heavy atom. The minimum atomic E-state index is -0.946. The standard InChI is InChI=1S/C11H8ClN5O3/c1-13-9-5-3-7(15-17-9)11(19)20-10(18)6-2-4-8(12)16-14-6/h2-5H,1H3,(H,13,17). The number of halogens is 1. The van der Waals surface area contributed by atoms with Gasteiger partial charge < -0.3 is 10.1 Å². The van der Waals surface area contributed by atoms with Crippen molar-refractivity contribution >= 4 is 29.4 Å². The van der Waals surface area contributed by atoms with Gasteiger partial charge in [0.1, 0.15) is 5.82 Å². The molecule has 0 saturated carbocycles. The van der Waals surface area contributed by atoms with Crippen LogP contribution in [0.2, 0.25) is 5.15 Å². The molecule has 9 heteroatoms. The molecule has 0 aliphatic rings. The molecule has 0 aliphatic heterocycles. The van der Waals surface area contributed by atoms with Crippen molar-refractivity contribution in [1.29, 1.82) is 0 Å². The van der Waals surface area contributed by atoms with Crippen LogP contribution in [-0.2, 0) is 4.74 Å². The van der Waals surface area contributed by atoms with Gasteiger partial charge in [-0.2, -0.15) is 0 Å². The molecule has 0 spiro atoms. The molecule has 0 unspecified atom stereocenters. The molecule has 2 aromatic heterocycles. The summed E-state index contributed by atoms with van der Waals surface area (Å²) < 4.78 is 4.59. The van der Waals surface area contributed by atoms with Crippen LogP contribution in [0, 0.1) is 0 Å². The molecule has 0 atom stereocenters. The number of aromatic nitrogens is 4. The first-order valence-corrected chi connectivity index (χ1v) is 5.75. The summed E-state index contributed by atoms with van der Waals surface area (Å²) in [6, 6.07) is 5.55. The monoisotopic (exact) mass is 293 g/mol. The molecule has 2 heterocycles. The Hall–Kier alpha value is -2.61. The van der Waals surface area contributed by atoms with Crippen molar-refractivity contribution < 1.29 is 14.3 Å². The average Bonchev–Trinajstić information content (AvgIpc) is 2.48. The van der Waals surface area contributed by atoms with E-state index < -0.39 is 11.9 Å². The first kappa shape index (κ1) is 13.8. The van der Waals surface area contributed by atoms with E-state index in [2.05, 4.69) is 30.4 Å². The zero-order chi connectivity index (χ0) is 14.5. The minimum absolute atomic E-state index is 0.0979. The zero-order valence-electron chi connectivity index (χ0n) is 10.2. The van der Waals surface area contributed by atoms with Gasteiger partial charge in [-0.15, -0.1) is 20.4 Å². The Morgan fingerprint density at radius 2 is 1.60 bits per heavy atom. The van der Waals surface area contributed by atoms with Crippen LogP contribution < -0.4 is 5.32 Å². The molecular formula is C11H8ClN5O3. The van der Waals surface area contributed by atoms with Gasteiger partial charge in [-0.25, -0.2) is 9.59 Å². The molecular weight excluding hydrogens is 286 g/mol. The molecule has 0 amide bonds. The molecule has 0 aromatic carbocycles. The molecule has 0 bridgehead atoms. The number of nitrogens with one attached hydrogen (secondary N) is 1. The number of carbonyl (C=O) groups is 2. The lowest BCUT2D eigenvalue weighted by atomic mass is 10.3. The summed E-state index contributed by atoms with van der Waals surface area (Å²) in [4.78, 5) is 23.3. The predicted octanol–water partition coefficient (Wildman–Crippen LogP) is 0.959. The summed E-state index contributed by atoms with van der Waals surface area (Å²) >= 11 is 5.53. The SMILES string of the molecule is CNc1ccc(C(=O)OC(=O)c2ccc(Cl)nn2)nn1. The second-order valence-corrected chi connectivity index (χ2v) is 3.86. The molecule has 0 radical (unpaired) electrons. The number of nitrogens with zero attached hydrogens (tertiary/aromatic N) is 4. The lowest BCUT2D eigenvalue weighted by molar-refractivity contribution is 0.0388. The van der Waals surface area contributed by atoms with Crippen molar-refractivity contribution in [3.63, 3.8) is 0 Å². The molecule has 0 aliphatic carbocycles. The minimum Gasteiger partial charge on any atom is -0.383 e. The van der Waals surface area contributed by atoms with Gasteiger partial charge in [-0.1, -0.05) is 11.6 Å². The van der Waals surface area contributed by atoms with Crippen LogP contribution in [-0.4, -0.2) is 39.4 Å². The number of carbonyl (C=O) groups excluding carboxylic acids is 2. The number of hydrogen-bond donors (Lipinski definition) is 1. The van der Waals surface area contributed by atoms with Crippen molar-refractivity contribution in [2.45, 2.75) is 0 Å². The van der Waals surface area contributed by atoms with Gasteiger partial charge in [0.25, 0.3) is 0 Å². The third-order valence-corrected chi connectivity index (χ3v) is 2.36. The van der Waals surface area contributed by atoms with Crippen molar-refractivity contribution in [2.75, 3.05) is 12.4 Å². The van der Waals surface area contributed by atoms with Crippen molar-refractivity contribution in [1.82, 2.24) is 20.4 Å². The number of anilines is 1. The van der Waals surface area contributed by atoms with Crippen LogP contribution in [0.25, 0.3) is 0 Å². The van der Waals surface area contributed by atoms with E-state index in [9.17, 15) is 9.59 Å². The Labute approximate surface area is 118 Å². The smallest absolute Gasteiger partial charge is 0.366 e. The summed E-state index contributed by atoms with van der Waals surface area (Å²) in [6.45, 7) is 0. The highest BCUT2D eigenvalue weighted by atomic mass is 35.5. The van der Waals surface area contributed by atoms with Gasteiger partial charge in [0.15, 0.2) is 16.5 Å². The maximum Gasteiger partial charge on any atom is 0.366 e. The Kier molecular flexibility index (Phi) is 4.16. The van der Waals surface area contributed by atoms with Crippen LogP contribution in [0.1, 0.15) is 21.0 Å². The number of esters is 2. The number of rotatable bonds is 3. The van der Waals surface area contributed by atoms with Crippen molar-refractivity contribution in [3.05, 3.63) is 40.8 Å². The van der Waals surface area contributed by atoms with Gasteiger partial charge in [-0.3, -0.25) is 0 Å². The fraction of sp³-hybridized carbons (Fsp3) is 0.0909. The Morgan fingerprint density at radius 1 is 1.00 bits per heavy atom. The van der Waals surface area contributed by atoms with E-state index in [1.165, 1.54) is 24.3 Å². The maximum atomic E-state index is 11.7. The summed E-state index contributed by atoms with van der Waals surface area (Å²) in [5, 5.41) is 17.1. The van der Waals surface area contributed by atoms with Gasteiger partial charge in [0.2, 0.25) is 0 Å². The van der Waals surface area contributed by atoms with Crippen LogP contribution >= 0.6 is 11.6 Å². The number of hydrogen-bond acceptors (Lipinski definition) is 8. The van der Waals surface area contributed by atoms with Gasteiger partial charge in [0.05, 0.1) is 0 Å². The largest absolute Gasteiger partial charge is 0.383 e. The molecule has 1 N–H and O–H groups in total. The first-order chi connectivity index (χ1) is 9.60. The highest BCUT2D eigenvalue weighted by Gasteiger charge is 2.18. The Bertz CT molecular complexity index is 630. The quantitative estimate of drug-likeness (QED) is 0.658. The van der Waals surface area contributed by atoms with E-state index in [0.29, 0.717) is 5.82 Å². The maximum absolute atomic E-state index is 11.7. The lowest BCUT2D eigenvalue weighted by Crippen LogP contribution is -2.16. The lowest BCUT2D eigenvalue weighted by Gasteiger charge is -2.02. The molecule has 20 heavy (non-hydrogen) atoms. The highest BCUT2D eigenvalue weighted by molar-refractivity contribution is 6.29. The molecule has 0 saturated heterocycles. The van der Waals surface area contributed by atoms with Gasteiger partial charge in [-0.05, 0) is 24.3 Å². The normalized spacial score (nSPS) is 9.90. The van der Waals surface area contributed by atoms with Gasteiger partial charge >= 0.3 is 11.9 Å². The van der Waals surface area contributed by atoms with E-state index in [-0.39, 0.29) is 16.5 Å². The van der Waals surface area contributed by atoms with Gasteiger partial charge in [0, 0.05) is 7.05 Å². The topological polar surface area (TPSA) is 107 Å². The fourth-order valence-corrected chi connectivity index (χ4v) is 1.29. The summed E-state index contributed by atoms with van der Waals surface area (Å²) in [7, 11) is 1.66. The third-order valence-electron chi connectivity index (χ3n) is 2.16. The summed E-state index contributed by atoms with van der Waals surface area (Å²) in [6.07, 6.45) is 0. The highest BCUT2D eigenvalue weighted by Crippen LogP contribution is 2.06. The van der Waals surface area contributed by atoms with Crippen LogP contribution in [0.3, 0.4) is 0 Å². The average molecular weight is 294 g/mol. The molecule has 8 nitrogen and oxygen atoms in total. The van der Waals surface area contributed by atoms with E-state index in [1.807, 2.05) is 0 Å². The van der Waals surface area contributed by atoms with E-state index in [1.54, 1.807) is 7.05 Å². The molecule has 2 rings (SSSR count). The molecule has 0 fully saturated rings. The van der Waals surface area contributed by atoms with E-state index in [0.717, 1.165) is 0 Å². The van der Waals surface area contributed by atoms with Crippen molar-refractivity contribution in [2.24, 2.45) is 0 Å². The van der Waals surface area contributed by atoms with Crippen LogP contribution in [0.4, 0.5) is 5.82 Å². The van der Waals surface area contributed by atoms with Crippen LogP contribution in [0.5, 0.6) is 0 Å². The summed E-state index contributed by atoms with van der Waals surface area (Å²) in [5.41, 5.74) is -0.234. The molecule has 102 valence electrons. The number of ether oxygens (including phenoxy) is 1. The van der Waals surface area contributed by atoms with Crippen molar-refractivity contribution in [3.8, 4) is 0 Å². The molecule has 2 aromatic rings. The second kappa shape index (κ2) is 6.02. The fourth-order valence-electron chi connectivity index (χ4n) is 1.19. The predicted molar refractivity (Wildman–Crippen MR) is 68.4 cm³/mol. The first-order valence-electron chi connectivity index (χ1n) is 5.37.